The van der Waals surface area contributed by atoms with Crippen LogP contribution in [-0.2, 0) is 20.7 Å². The summed E-state index contributed by atoms with van der Waals surface area (Å²) >= 11 is 0. The van der Waals surface area contributed by atoms with Crippen LogP contribution in [0.5, 0.6) is 0 Å². The molecule has 0 aromatic heterocycles. The second-order valence-electron chi connectivity index (χ2n) is 9.45. The number of piperidine rings is 1. The van der Waals surface area contributed by atoms with Gasteiger partial charge in [-0.2, -0.15) is 13.2 Å². The van der Waals surface area contributed by atoms with Gasteiger partial charge in [-0.1, -0.05) is 30.3 Å². The third-order valence-corrected chi connectivity index (χ3v) is 7.01. The van der Waals surface area contributed by atoms with Crippen LogP contribution >= 0.6 is 0 Å². The van der Waals surface area contributed by atoms with Crippen molar-refractivity contribution in [2.45, 2.75) is 44.4 Å². The molecule has 0 spiro atoms. The molecule has 4 rings (SSSR count). The lowest BCUT2D eigenvalue weighted by Gasteiger charge is -2.33. The Balaban J connectivity index is 1.33. The number of likely N-dealkylation sites (tertiary alicyclic amines) is 1. The van der Waals surface area contributed by atoms with Crippen LogP contribution < -0.4 is 10.6 Å². The first-order chi connectivity index (χ1) is 17.6. The number of fused-ring (bicyclic) bond motifs is 1. The molecule has 7 nitrogen and oxygen atoms in total. The SMILES string of the molecule is Cc1ccccc1C1CCN(C(=O)CNC(=O)c2ccc3c(c2)CCNCC3OC(=O)C(F)(F)F)CC1. The molecular weight excluding hydrogens is 487 g/mol. The smallest absolute Gasteiger partial charge is 0.449 e. The summed E-state index contributed by atoms with van der Waals surface area (Å²) in [6, 6.07) is 12.8. The van der Waals surface area contributed by atoms with Crippen molar-refractivity contribution in [1.29, 1.82) is 0 Å². The minimum absolute atomic E-state index is 0.0371. The van der Waals surface area contributed by atoms with E-state index >= 15 is 0 Å². The van der Waals surface area contributed by atoms with E-state index < -0.39 is 24.2 Å². The summed E-state index contributed by atoms with van der Waals surface area (Å²) in [6.45, 7) is 3.69. The van der Waals surface area contributed by atoms with Crippen LogP contribution in [-0.4, -0.2) is 61.6 Å². The molecule has 2 aliphatic heterocycles. The summed E-state index contributed by atoms with van der Waals surface area (Å²) in [6.07, 6.45) is -4.03. The third-order valence-electron chi connectivity index (χ3n) is 7.01. The van der Waals surface area contributed by atoms with Crippen molar-refractivity contribution in [3.8, 4) is 0 Å². The maximum atomic E-state index is 12.7. The largest absolute Gasteiger partial charge is 0.490 e. The fourth-order valence-electron chi connectivity index (χ4n) is 5.00. The summed E-state index contributed by atoms with van der Waals surface area (Å²) in [5, 5.41) is 5.60. The lowest BCUT2D eigenvalue weighted by Crippen LogP contribution is -2.43. The number of rotatable bonds is 5. The molecule has 2 aromatic rings. The number of alkyl halides is 3. The third kappa shape index (κ3) is 6.49. The van der Waals surface area contributed by atoms with Crippen LogP contribution in [0.4, 0.5) is 13.2 Å². The predicted molar refractivity (Wildman–Crippen MR) is 130 cm³/mol. The predicted octanol–water partition coefficient (Wildman–Crippen LogP) is 3.42. The monoisotopic (exact) mass is 517 g/mol. The molecule has 2 aromatic carbocycles. The second-order valence-corrected chi connectivity index (χ2v) is 9.45. The average molecular weight is 518 g/mol. The Morgan fingerprint density at radius 2 is 1.81 bits per heavy atom. The van der Waals surface area contributed by atoms with Gasteiger partial charge in [0.15, 0.2) is 0 Å². The van der Waals surface area contributed by atoms with Gasteiger partial charge in [0, 0.05) is 25.2 Å². The van der Waals surface area contributed by atoms with Gasteiger partial charge in [0.1, 0.15) is 6.10 Å². The lowest BCUT2D eigenvalue weighted by atomic mass is 9.87. The van der Waals surface area contributed by atoms with Crippen LogP contribution in [0.15, 0.2) is 42.5 Å². The van der Waals surface area contributed by atoms with Gasteiger partial charge in [-0.05, 0) is 73.0 Å². The van der Waals surface area contributed by atoms with Crippen molar-refractivity contribution in [2.24, 2.45) is 0 Å². The van der Waals surface area contributed by atoms with Gasteiger partial charge in [0.25, 0.3) is 5.91 Å². The first-order valence-corrected chi connectivity index (χ1v) is 12.4. The van der Waals surface area contributed by atoms with Gasteiger partial charge < -0.3 is 20.3 Å². The van der Waals surface area contributed by atoms with E-state index in [4.69, 9.17) is 0 Å². The van der Waals surface area contributed by atoms with E-state index in [1.807, 2.05) is 12.1 Å². The van der Waals surface area contributed by atoms with E-state index in [1.54, 1.807) is 11.0 Å². The highest BCUT2D eigenvalue weighted by atomic mass is 19.4. The number of ether oxygens (including phenoxy) is 1. The summed E-state index contributed by atoms with van der Waals surface area (Å²) in [4.78, 5) is 38.5. The number of esters is 1. The molecule has 10 heteroatoms. The average Bonchev–Trinajstić information content (AvgIpc) is 3.08. The van der Waals surface area contributed by atoms with Gasteiger partial charge in [0.2, 0.25) is 5.91 Å². The number of aryl methyl sites for hydroxylation is 1. The number of carbonyl (C=O) groups excluding carboxylic acids is 3. The number of nitrogens with zero attached hydrogens (tertiary/aromatic N) is 1. The highest BCUT2D eigenvalue weighted by Gasteiger charge is 2.42. The first-order valence-electron chi connectivity index (χ1n) is 12.4. The molecular formula is C27H30F3N3O4. The van der Waals surface area contributed by atoms with Crippen LogP contribution in [0.25, 0.3) is 0 Å². The molecule has 1 atom stereocenters. The van der Waals surface area contributed by atoms with Crippen LogP contribution in [0.1, 0.15) is 57.5 Å². The van der Waals surface area contributed by atoms with E-state index in [-0.39, 0.29) is 24.6 Å². The Kier molecular flexibility index (Phi) is 8.16. The fraction of sp³-hybridized carbons (Fsp3) is 0.444. The molecule has 2 aliphatic rings. The van der Waals surface area contributed by atoms with Crippen LogP contribution in [0.3, 0.4) is 0 Å². The van der Waals surface area contributed by atoms with Crippen LogP contribution in [0, 0.1) is 6.92 Å². The number of halogens is 3. The number of amides is 2. The van der Waals surface area contributed by atoms with E-state index in [1.165, 1.54) is 23.3 Å². The highest BCUT2D eigenvalue weighted by Crippen LogP contribution is 2.30. The molecule has 1 unspecified atom stereocenters. The zero-order valence-corrected chi connectivity index (χ0v) is 20.6. The molecule has 1 fully saturated rings. The van der Waals surface area contributed by atoms with Crippen molar-refractivity contribution < 1.29 is 32.3 Å². The maximum absolute atomic E-state index is 12.7. The quantitative estimate of drug-likeness (QED) is 0.594. The Morgan fingerprint density at radius 3 is 2.51 bits per heavy atom. The molecule has 198 valence electrons. The van der Waals surface area contributed by atoms with Crippen molar-refractivity contribution in [3.63, 3.8) is 0 Å². The minimum Gasteiger partial charge on any atom is -0.449 e. The van der Waals surface area contributed by atoms with Crippen molar-refractivity contribution in [1.82, 2.24) is 15.5 Å². The van der Waals surface area contributed by atoms with Gasteiger partial charge in [-0.15, -0.1) is 0 Å². The van der Waals surface area contributed by atoms with Crippen molar-refractivity contribution >= 4 is 17.8 Å². The highest BCUT2D eigenvalue weighted by molar-refractivity contribution is 5.96. The number of hydrogen-bond donors (Lipinski definition) is 2. The van der Waals surface area contributed by atoms with E-state index in [9.17, 15) is 27.6 Å². The topological polar surface area (TPSA) is 87.7 Å². The van der Waals surface area contributed by atoms with Crippen molar-refractivity contribution in [3.05, 3.63) is 70.3 Å². The van der Waals surface area contributed by atoms with Crippen LogP contribution in [0.2, 0.25) is 0 Å². The zero-order chi connectivity index (χ0) is 26.6. The summed E-state index contributed by atoms with van der Waals surface area (Å²) < 4.78 is 42.7. The fourth-order valence-corrected chi connectivity index (χ4v) is 5.00. The molecule has 2 amide bonds. The van der Waals surface area contributed by atoms with Gasteiger partial charge in [0.05, 0.1) is 6.54 Å². The van der Waals surface area contributed by atoms with Gasteiger partial charge in [-0.25, -0.2) is 4.79 Å². The summed E-state index contributed by atoms with van der Waals surface area (Å²) in [5.74, 6) is -2.45. The number of carbonyl (C=O) groups is 3. The second kappa shape index (κ2) is 11.3. The molecule has 2 N–H and O–H groups in total. The normalized spacial score (nSPS) is 18.5. The molecule has 1 saturated heterocycles. The van der Waals surface area contributed by atoms with Gasteiger partial charge in [-0.3, -0.25) is 9.59 Å². The van der Waals surface area contributed by atoms with Gasteiger partial charge >= 0.3 is 12.1 Å². The number of benzene rings is 2. The first kappa shape index (κ1) is 26.7. The lowest BCUT2D eigenvalue weighted by molar-refractivity contribution is -0.205. The molecule has 37 heavy (non-hydrogen) atoms. The number of hydrogen-bond acceptors (Lipinski definition) is 5. The molecule has 0 aliphatic carbocycles. The maximum Gasteiger partial charge on any atom is 0.490 e. The minimum atomic E-state index is -5.09. The molecule has 0 radical (unpaired) electrons. The Labute approximate surface area is 213 Å². The summed E-state index contributed by atoms with van der Waals surface area (Å²) in [7, 11) is 0. The van der Waals surface area contributed by atoms with Crippen molar-refractivity contribution in [2.75, 3.05) is 32.7 Å². The Bertz CT molecular complexity index is 1160. The Hall–Kier alpha value is -3.40. The zero-order valence-electron chi connectivity index (χ0n) is 20.6. The van der Waals surface area contributed by atoms with E-state index in [2.05, 4.69) is 34.4 Å². The molecule has 0 saturated carbocycles. The standard InChI is InChI=1S/C27H30F3N3O4/c1-17-4-2-3-5-21(17)18-9-12-33(13-10-18)24(34)16-32-25(35)20-6-7-22-19(14-20)8-11-31-15-23(22)37-26(36)27(28,29)30/h2-7,14,18,23,31H,8-13,15-16H2,1H3,(H,32,35). The Morgan fingerprint density at radius 1 is 1.08 bits per heavy atom. The number of nitrogens with one attached hydrogen (secondary N) is 2. The molecule has 2 heterocycles. The summed E-state index contributed by atoms with van der Waals surface area (Å²) in [5.41, 5.74) is 3.89. The van der Waals surface area contributed by atoms with E-state index in [0.29, 0.717) is 43.1 Å². The van der Waals surface area contributed by atoms with E-state index in [0.717, 1.165) is 12.8 Å². The molecule has 0 bridgehead atoms.